The molecular weight excluding hydrogens is 355 g/mol. The summed E-state index contributed by atoms with van der Waals surface area (Å²) >= 11 is 2.10. The standard InChI is InChI=1S/C11H21IO4S/c1-11(2,3)16-10(13)9-14-7-5-4-6-8-15-17-12/h4-9H2,1-3H3. The van der Waals surface area contributed by atoms with Gasteiger partial charge in [0, 0.05) is 27.8 Å². The number of hydrogen-bond donors (Lipinski definition) is 0. The van der Waals surface area contributed by atoms with Crippen LogP contribution in [0.2, 0.25) is 0 Å². The van der Waals surface area contributed by atoms with E-state index < -0.39 is 5.60 Å². The third-order valence-electron chi connectivity index (χ3n) is 1.70. The molecule has 0 amide bonds. The minimum absolute atomic E-state index is 0.0391. The zero-order valence-corrected chi connectivity index (χ0v) is 13.6. The normalized spacial score (nSPS) is 11.5. The highest BCUT2D eigenvalue weighted by atomic mass is 127. The van der Waals surface area contributed by atoms with Crippen LogP contribution in [0.15, 0.2) is 0 Å². The fraction of sp³-hybridized carbons (Fsp3) is 0.909. The molecule has 0 fully saturated rings. The van der Waals surface area contributed by atoms with E-state index in [0.717, 1.165) is 25.9 Å². The van der Waals surface area contributed by atoms with Crippen molar-refractivity contribution in [1.29, 1.82) is 0 Å². The molecule has 0 unspecified atom stereocenters. The van der Waals surface area contributed by atoms with Gasteiger partial charge in [-0.15, -0.1) is 0 Å². The molecule has 0 saturated carbocycles. The van der Waals surface area contributed by atoms with Crippen LogP contribution in [0, 0.1) is 0 Å². The zero-order valence-electron chi connectivity index (χ0n) is 10.7. The number of unbranched alkanes of at least 4 members (excludes halogenated alkanes) is 2. The second kappa shape index (κ2) is 10.4. The fourth-order valence-electron chi connectivity index (χ4n) is 1.10. The number of carbonyl (C=O) groups excluding carboxylic acids is 1. The maximum Gasteiger partial charge on any atom is 0.332 e. The Morgan fingerprint density at radius 1 is 1.18 bits per heavy atom. The largest absolute Gasteiger partial charge is 0.458 e. The van der Waals surface area contributed by atoms with Crippen molar-refractivity contribution in [3.8, 4) is 0 Å². The van der Waals surface area contributed by atoms with Crippen molar-refractivity contribution in [3.63, 3.8) is 0 Å². The Morgan fingerprint density at radius 2 is 1.82 bits per heavy atom. The number of ether oxygens (including phenoxy) is 2. The van der Waals surface area contributed by atoms with E-state index in [-0.39, 0.29) is 12.6 Å². The van der Waals surface area contributed by atoms with Crippen LogP contribution < -0.4 is 0 Å². The van der Waals surface area contributed by atoms with Crippen LogP contribution >= 0.6 is 30.4 Å². The molecule has 0 radical (unpaired) electrons. The molecule has 0 heterocycles. The van der Waals surface area contributed by atoms with Gasteiger partial charge in [0.1, 0.15) is 12.2 Å². The summed E-state index contributed by atoms with van der Waals surface area (Å²) in [6.07, 6.45) is 3.01. The van der Waals surface area contributed by atoms with Crippen molar-refractivity contribution < 1.29 is 18.5 Å². The van der Waals surface area contributed by atoms with Crippen molar-refractivity contribution in [3.05, 3.63) is 0 Å². The first-order chi connectivity index (χ1) is 7.95. The molecular formula is C11H21IO4S. The molecule has 0 aromatic rings. The van der Waals surface area contributed by atoms with Gasteiger partial charge >= 0.3 is 5.97 Å². The maximum absolute atomic E-state index is 11.3. The lowest BCUT2D eigenvalue weighted by Crippen LogP contribution is -2.26. The number of esters is 1. The van der Waals surface area contributed by atoms with Gasteiger partial charge in [-0.2, -0.15) is 0 Å². The molecule has 0 spiro atoms. The Balaban J connectivity index is 3.25. The lowest BCUT2D eigenvalue weighted by Gasteiger charge is -2.19. The van der Waals surface area contributed by atoms with E-state index >= 15 is 0 Å². The fourth-order valence-corrected chi connectivity index (χ4v) is 1.82. The van der Waals surface area contributed by atoms with Gasteiger partial charge in [0.05, 0.1) is 15.8 Å². The molecule has 102 valence electrons. The molecule has 0 aliphatic rings. The molecule has 4 nitrogen and oxygen atoms in total. The molecule has 0 aromatic carbocycles. The summed E-state index contributed by atoms with van der Waals surface area (Å²) in [4.78, 5) is 11.3. The molecule has 17 heavy (non-hydrogen) atoms. The van der Waals surface area contributed by atoms with Crippen molar-refractivity contribution in [2.45, 2.75) is 45.6 Å². The summed E-state index contributed by atoms with van der Waals surface area (Å²) in [6.45, 7) is 6.93. The van der Waals surface area contributed by atoms with Gasteiger partial charge in [0.25, 0.3) is 0 Å². The Labute approximate surface area is 120 Å². The van der Waals surface area contributed by atoms with Gasteiger partial charge in [0.2, 0.25) is 0 Å². The molecule has 0 aliphatic heterocycles. The molecule has 0 aromatic heterocycles. The van der Waals surface area contributed by atoms with Crippen molar-refractivity contribution in [2.75, 3.05) is 19.8 Å². The number of carbonyl (C=O) groups is 1. The quantitative estimate of drug-likeness (QED) is 0.267. The van der Waals surface area contributed by atoms with E-state index in [4.69, 9.17) is 13.7 Å². The maximum atomic E-state index is 11.3. The van der Waals surface area contributed by atoms with E-state index in [0.29, 0.717) is 6.61 Å². The first-order valence-electron chi connectivity index (χ1n) is 5.65. The Bertz CT molecular complexity index is 206. The monoisotopic (exact) mass is 376 g/mol. The van der Waals surface area contributed by atoms with Crippen molar-refractivity contribution in [2.24, 2.45) is 0 Å². The van der Waals surface area contributed by atoms with Crippen LogP contribution in [0.25, 0.3) is 0 Å². The van der Waals surface area contributed by atoms with E-state index in [1.165, 1.54) is 9.21 Å². The molecule has 0 rings (SSSR count). The van der Waals surface area contributed by atoms with E-state index in [1.54, 1.807) is 0 Å². The first kappa shape index (κ1) is 17.5. The SMILES string of the molecule is CC(C)(C)OC(=O)COCCCCCOSI. The van der Waals surface area contributed by atoms with Gasteiger partial charge in [0.15, 0.2) is 0 Å². The average molecular weight is 376 g/mol. The molecule has 0 N–H and O–H groups in total. The van der Waals surface area contributed by atoms with E-state index in [9.17, 15) is 4.79 Å². The van der Waals surface area contributed by atoms with Crippen molar-refractivity contribution in [1.82, 2.24) is 0 Å². The third kappa shape index (κ3) is 14.4. The minimum Gasteiger partial charge on any atom is -0.458 e. The van der Waals surface area contributed by atoms with Gasteiger partial charge in [-0.1, -0.05) is 0 Å². The lowest BCUT2D eigenvalue weighted by atomic mass is 10.2. The summed E-state index contributed by atoms with van der Waals surface area (Å²) in [5.74, 6) is -0.304. The predicted molar refractivity (Wildman–Crippen MR) is 78.1 cm³/mol. The number of halogens is 1. The van der Waals surface area contributed by atoms with Crippen LogP contribution in [0.3, 0.4) is 0 Å². The average Bonchev–Trinajstić information content (AvgIpc) is 2.19. The summed E-state index contributed by atoms with van der Waals surface area (Å²) in [5.41, 5.74) is -0.436. The van der Waals surface area contributed by atoms with Gasteiger partial charge < -0.3 is 13.7 Å². The van der Waals surface area contributed by atoms with Crippen LogP contribution in [-0.4, -0.2) is 31.4 Å². The van der Waals surface area contributed by atoms with E-state index in [2.05, 4.69) is 21.2 Å². The van der Waals surface area contributed by atoms with Crippen LogP contribution in [0.1, 0.15) is 40.0 Å². The van der Waals surface area contributed by atoms with Gasteiger partial charge in [-0.3, -0.25) is 0 Å². The summed E-state index contributed by atoms with van der Waals surface area (Å²) < 4.78 is 15.5. The Morgan fingerprint density at radius 3 is 2.41 bits per heavy atom. The van der Waals surface area contributed by atoms with E-state index in [1.807, 2.05) is 20.8 Å². The topological polar surface area (TPSA) is 44.8 Å². The predicted octanol–water partition coefficient (Wildman–Crippen LogP) is 3.53. The molecule has 0 bridgehead atoms. The Kier molecular flexibility index (Phi) is 10.7. The molecule has 0 aliphatic carbocycles. The van der Waals surface area contributed by atoms with Gasteiger partial charge in [-0.25, -0.2) is 4.79 Å². The summed E-state index contributed by atoms with van der Waals surface area (Å²) in [6, 6.07) is 0. The Hall–Kier alpha value is 0.470. The third-order valence-corrected chi connectivity index (χ3v) is 2.72. The molecule has 6 heteroatoms. The minimum atomic E-state index is -0.436. The van der Waals surface area contributed by atoms with Crippen LogP contribution in [0.4, 0.5) is 0 Å². The van der Waals surface area contributed by atoms with Gasteiger partial charge in [-0.05, 0) is 40.0 Å². The van der Waals surface area contributed by atoms with Crippen LogP contribution in [-0.2, 0) is 18.5 Å². The first-order valence-corrected chi connectivity index (χ1v) is 8.94. The second-order valence-electron chi connectivity index (χ2n) is 4.58. The number of rotatable bonds is 9. The second-order valence-corrected chi connectivity index (χ2v) is 6.03. The summed E-state index contributed by atoms with van der Waals surface area (Å²) in [7, 11) is 1.36. The highest BCUT2D eigenvalue weighted by Gasteiger charge is 2.15. The highest BCUT2D eigenvalue weighted by Crippen LogP contribution is 2.13. The number of hydrogen-bond acceptors (Lipinski definition) is 5. The lowest BCUT2D eigenvalue weighted by molar-refractivity contribution is -0.160. The summed E-state index contributed by atoms with van der Waals surface area (Å²) in [5, 5.41) is 0. The molecule has 0 saturated heterocycles. The smallest absolute Gasteiger partial charge is 0.332 e. The highest BCUT2D eigenvalue weighted by molar-refractivity contribution is 14.2. The molecule has 0 atom stereocenters. The van der Waals surface area contributed by atoms with Crippen LogP contribution in [0.5, 0.6) is 0 Å². The zero-order chi connectivity index (χ0) is 13.1. The van der Waals surface area contributed by atoms with Crippen molar-refractivity contribution >= 4 is 36.4 Å².